The van der Waals surface area contributed by atoms with Crippen molar-refractivity contribution in [3.05, 3.63) is 53.7 Å². The number of rotatable bonds is 7. The van der Waals surface area contributed by atoms with E-state index in [2.05, 4.69) is 75.0 Å². The minimum atomic E-state index is -0.278. The van der Waals surface area contributed by atoms with Crippen LogP contribution < -0.4 is 25.6 Å². The molecule has 0 unspecified atom stereocenters. The van der Waals surface area contributed by atoms with Gasteiger partial charge >= 0.3 is 0 Å². The molecule has 2 saturated heterocycles. The van der Waals surface area contributed by atoms with Crippen molar-refractivity contribution in [2.24, 2.45) is 5.41 Å². The topological polar surface area (TPSA) is 65.5 Å². The van der Waals surface area contributed by atoms with Gasteiger partial charge in [0.25, 0.3) is 0 Å². The fourth-order valence-electron chi connectivity index (χ4n) is 5.05. The quantitative estimate of drug-likeness (QED) is 0.458. The van der Waals surface area contributed by atoms with E-state index in [1.807, 2.05) is 18.2 Å². The van der Waals surface area contributed by atoms with Crippen LogP contribution in [-0.4, -0.2) is 68.5 Å². The third-order valence-electron chi connectivity index (χ3n) is 6.43. The third-order valence-corrected chi connectivity index (χ3v) is 8.06. The minimum absolute atomic E-state index is 0.278. The molecule has 34 heavy (non-hydrogen) atoms. The summed E-state index contributed by atoms with van der Waals surface area (Å²) in [6.07, 6.45) is 1.62. The van der Waals surface area contributed by atoms with E-state index in [4.69, 9.17) is 16.3 Å². The molecule has 2 aliphatic rings. The van der Waals surface area contributed by atoms with E-state index in [1.54, 1.807) is 13.3 Å². The first-order chi connectivity index (χ1) is 16.4. The van der Waals surface area contributed by atoms with Crippen LogP contribution in [0, 0.1) is 5.41 Å². The number of ether oxygens (including phenoxy) is 1. The highest BCUT2D eigenvalue weighted by atomic mass is 35.5. The van der Waals surface area contributed by atoms with Gasteiger partial charge in [-0.15, -0.1) is 0 Å². The van der Waals surface area contributed by atoms with Gasteiger partial charge in [-0.2, -0.15) is 4.98 Å². The van der Waals surface area contributed by atoms with Crippen molar-refractivity contribution in [2.45, 2.75) is 0 Å². The Balaban J connectivity index is 1.37. The normalized spacial score (nSPS) is 16.8. The van der Waals surface area contributed by atoms with Crippen molar-refractivity contribution in [3.63, 3.8) is 0 Å². The van der Waals surface area contributed by atoms with Gasteiger partial charge in [0.1, 0.15) is 5.02 Å². The van der Waals surface area contributed by atoms with Gasteiger partial charge in [-0.05, 0) is 43.9 Å². The molecule has 0 amide bonds. The highest BCUT2D eigenvalue weighted by Crippen LogP contribution is 2.46. The van der Waals surface area contributed by atoms with Gasteiger partial charge in [-0.25, -0.2) is 4.98 Å². The van der Waals surface area contributed by atoms with Crippen molar-refractivity contribution in [1.29, 1.82) is 0 Å². The molecule has 0 aliphatic carbocycles. The van der Waals surface area contributed by atoms with E-state index in [1.165, 1.54) is 18.4 Å². The monoisotopic (exact) mass is 496 g/mol. The number of para-hydroxylation sites is 2. The Morgan fingerprint density at radius 1 is 1.00 bits per heavy atom. The maximum absolute atomic E-state index is 6.44. The number of anilines is 5. The van der Waals surface area contributed by atoms with Gasteiger partial charge < -0.3 is 25.2 Å². The molecule has 3 aromatic rings. The Morgan fingerprint density at radius 2 is 1.74 bits per heavy atom. The first-order valence-electron chi connectivity index (χ1n) is 11.3. The van der Waals surface area contributed by atoms with E-state index in [0.717, 1.165) is 35.9 Å². The van der Waals surface area contributed by atoms with Crippen LogP contribution >= 0.6 is 19.5 Å². The van der Waals surface area contributed by atoms with Crippen LogP contribution in [0.4, 0.5) is 28.8 Å². The van der Waals surface area contributed by atoms with Crippen LogP contribution in [0.15, 0.2) is 48.7 Å². The number of nitrogens with one attached hydrogen (secondary N) is 2. The molecular weight excluding hydrogens is 467 g/mol. The molecule has 2 aliphatic heterocycles. The number of nitrogens with zero attached hydrogens (tertiary/aromatic N) is 4. The lowest BCUT2D eigenvalue weighted by Crippen LogP contribution is -2.71. The Hall–Kier alpha value is -2.60. The summed E-state index contributed by atoms with van der Waals surface area (Å²) < 4.78 is 5.83. The summed E-state index contributed by atoms with van der Waals surface area (Å²) in [4.78, 5) is 13.8. The van der Waals surface area contributed by atoms with E-state index in [0.29, 0.717) is 22.2 Å². The lowest BCUT2D eigenvalue weighted by atomic mass is 9.73. The second-order valence-electron chi connectivity index (χ2n) is 9.44. The Labute approximate surface area is 207 Å². The van der Waals surface area contributed by atoms with Gasteiger partial charge in [-0.1, -0.05) is 43.8 Å². The molecule has 0 saturated carbocycles. The zero-order valence-corrected chi connectivity index (χ0v) is 21.6. The van der Waals surface area contributed by atoms with Crippen LogP contribution in [0.25, 0.3) is 0 Å². The predicted octanol–water partition coefficient (Wildman–Crippen LogP) is 4.74. The molecule has 2 N–H and O–H groups in total. The Bertz CT molecular complexity index is 1190. The second kappa shape index (κ2) is 9.21. The lowest BCUT2D eigenvalue weighted by molar-refractivity contribution is -0.00257. The summed E-state index contributed by atoms with van der Waals surface area (Å²) >= 11 is 6.44. The molecule has 2 aromatic carbocycles. The van der Waals surface area contributed by atoms with Gasteiger partial charge in [0.05, 0.1) is 24.7 Å². The van der Waals surface area contributed by atoms with Gasteiger partial charge in [0.15, 0.2) is 11.6 Å². The van der Waals surface area contributed by atoms with Crippen LogP contribution in [0.3, 0.4) is 0 Å². The van der Waals surface area contributed by atoms with Crippen LogP contribution in [0.2, 0.25) is 5.02 Å². The molecule has 0 radical (unpaired) electrons. The van der Waals surface area contributed by atoms with Crippen LogP contribution in [-0.2, 0) is 0 Å². The molecule has 2 fully saturated rings. The average molecular weight is 497 g/mol. The Kier molecular flexibility index (Phi) is 6.28. The number of likely N-dealkylation sites (tertiary alicyclic amines) is 1. The molecule has 9 heteroatoms. The first-order valence-corrected chi connectivity index (χ1v) is 13.9. The third kappa shape index (κ3) is 4.40. The van der Waals surface area contributed by atoms with Gasteiger partial charge in [0.2, 0.25) is 5.95 Å². The summed E-state index contributed by atoms with van der Waals surface area (Å²) in [6, 6.07) is 14.4. The molecule has 5 rings (SSSR count). The highest BCUT2D eigenvalue weighted by Gasteiger charge is 2.50. The number of halogens is 1. The van der Waals surface area contributed by atoms with Crippen molar-refractivity contribution in [2.75, 3.05) is 69.2 Å². The zero-order valence-electron chi connectivity index (χ0n) is 20.0. The fraction of sp³-hybridized carbons (Fsp3) is 0.360. The molecule has 7 nitrogen and oxygen atoms in total. The molecule has 178 valence electrons. The fourth-order valence-corrected chi connectivity index (χ4v) is 6.19. The molecule has 3 heterocycles. The number of benzene rings is 2. The second-order valence-corrected chi connectivity index (χ2v) is 12.1. The minimum Gasteiger partial charge on any atom is -0.492 e. The molecular formula is C25H30ClN6OP. The standard InChI is InChI=1S/C25H30ClN6OP/c1-31-13-25(14-31)15-32(16-25)20-10-7-9-19(22(20)33-2)29-24-27-12-17(26)23(30-24)28-18-8-5-6-11-21(18)34(3)4/h5-12H,13-16H2,1-4H3,(H2,27,28,29,30). The van der Waals surface area contributed by atoms with Crippen molar-refractivity contribution in [1.82, 2.24) is 14.9 Å². The summed E-state index contributed by atoms with van der Waals surface area (Å²) in [5.74, 6) is 1.82. The number of methoxy groups -OCH3 is 1. The molecule has 1 spiro atoms. The summed E-state index contributed by atoms with van der Waals surface area (Å²) in [7, 11) is 3.60. The average Bonchev–Trinajstić information content (AvgIpc) is 2.77. The smallest absolute Gasteiger partial charge is 0.229 e. The summed E-state index contributed by atoms with van der Waals surface area (Å²) in [5.41, 5.74) is 3.37. The SMILES string of the molecule is COc1c(Nc2ncc(Cl)c(Nc3ccccc3P(C)C)n2)cccc1N1CC2(CN(C)C2)C1. The molecule has 1 aromatic heterocycles. The largest absolute Gasteiger partial charge is 0.492 e. The van der Waals surface area contributed by atoms with Crippen LogP contribution in [0.5, 0.6) is 5.75 Å². The maximum atomic E-state index is 6.44. The number of aromatic nitrogens is 2. The summed E-state index contributed by atoms with van der Waals surface area (Å²) in [5, 5.41) is 8.47. The number of hydrogen-bond donors (Lipinski definition) is 2. The summed E-state index contributed by atoms with van der Waals surface area (Å²) in [6.45, 7) is 8.90. The lowest BCUT2D eigenvalue weighted by Gasteiger charge is -2.60. The van der Waals surface area contributed by atoms with Crippen molar-refractivity contribution in [3.8, 4) is 5.75 Å². The zero-order chi connectivity index (χ0) is 23.9. The molecule has 0 bridgehead atoms. The number of hydrogen-bond acceptors (Lipinski definition) is 7. The van der Waals surface area contributed by atoms with E-state index in [-0.39, 0.29) is 7.92 Å². The van der Waals surface area contributed by atoms with Gasteiger partial charge in [-0.3, -0.25) is 0 Å². The highest BCUT2D eigenvalue weighted by molar-refractivity contribution is 7.64. The van der Waals surface area contributed by atoms with E-state index < -0.39 is 0 Å². The maximum Gasteiger partial charge on any atom is 0.229 e. The van der Waals surface area contributed by atoms with Crippen molar-refractivity contribution < 1.29 is 4.74 Å². The predicted molar refractivity (Wildman–Crippen MR) is 144 cm³/mol. The van der Waals surface area contributed by atoms with Crippen LogP contribution in [0.1, 0.15) is 0 Å². The van der Waals surface area contributed by atoms with E-state index in [9.17, 15) is 0 Å². The van der Waals surface area contributed by atoms with Gasteiger partial charge in [0, 0.05) is 37.3 Å². The van der Waals surface area contributed by atoms with E-state index >= 15 is 0 Å². The van der Waals surface area contributed by atoms with Crippen molar-refractivity contribution >= 4 is 53.7 Å². The first kappa shape index (κ1) is 23.2. The Morgan fingerprint density at radius 3 is 2.44 bits per heavy atom. The molecule has 0 atom stereocenters.